The van der Waals surface area contributed by atoms with Gasteiger partial charge in [0.2, 0.25) is 5.91 Å². The van der Waals surface area contributed by atoms with Crippen LogP contribution in [0.25, 0.3) is 11.1 Å². The molecule has 0 saturated carbocycles. The number of nitrogens with zero attached hydrogens (tertiary/aromatic N) is 2. The van der Waals surface area contributed by atoms with E-state index in [1.54, 1.807) is 0 Å². The molecule has 1 aliphatic heterocycles. The van der Waals surface area contributed by atoms with E-state index in [4.69, 9.17) is 0 Å². The van der Waals surface area contributed by atoms with Gasteiger partial charge in [-0.15, -0.1) is 0 Å². The number of rotatable bonds is 12. The van der Waals surface area contributed by atoms with Crippen LogP contribution >= 0.6 is 0 Å². The standard InChI is InChI=1S/C37H42N2O2/c1-29(37(41)39-23-11-18-35(39)28-40)24-36(25-30-19-21-34(22-20-30)33-16-9-4-10-17-33)38(26-31-12-5-2-6-13-31)27-32-14-7-3-8-15-32/h2-10,12-17,19-22,29,35-36,40H,11,18,23-28H2,1H3/t29-,35-,36+/m1/s1. The van der Waals surface area contributed by atoms with Crippen LogP contribution < -0.4 is 0 Å². The van der Waals surface area contributed by atoms with Crippen molar-refractivity contribution in [2.45, 2.75) is 57.8 Å². The lowest BCUT2D eigenvalue weighted by atomic mass is 9.92. The fourth-order valence-corrected chi connectivity index (χ4v) is 6.16. The number of likely N-dealkylation sites (tertiary alicyclic amines) is 1. The summed E-state index contributed by atoms with van der Waals surface area (Å²) in [5, 5.41) is 9.86. The Kier molecular flexibility index (Phi) is 10.0. The smallest absolute Gasteiger partial charge is 0.225 e. The fourth-order valence-electron chi connectivity index (χ4n) is 6.16. The summed E-state index contributed by atoms with van der Waals surface area (Å²) in [5.41, 5.74) is 6.24. The minimum atomic E-state index is -0.134. The van der Waals surface area contributed by atoms with E-state index in [0.717, 1.165) is 45.3 Å². The third-order valence-electron chi connectivity index (χ3n) is 8.42. The van der Waals surface area contributed by atoms with E-state index in [2.05, 4.69) is 121 Å². The van der Waals surface area contributed by atoms with Gasteiger partial charge in [-0.05, 0) is 53.5 Å². The van der Waals surface area contributed by atoms with Gasteiger partial charge in [0.25, 0.3) is 0 Å². The molecule has 1 amide bonds. The number of hydrogen-bond donors (Lipinski definition) is 1. The average Bonchev–Trinajstić information content (AvgIpc) is 3.51. The van der Waals surface area contributed by atoms with Gasteiger partial charge in [0.05, 0.1) is 12.6 Å². The lowest BCUT2D eigenvalue weighted by Gasteiger charge is -2.35. The Morgan fingerprint density at radius 1 is 0.780 bits per heavy atom. The Labute approximate surface area is 245 Å². The normalized spacial score (nSPS) is 16.6. The van der Waals surface area contributed by atoms with Gasteiger partial charge in [0, 0.05) is 31.6 Å². The van der Waals surface area contributed by atoms with Crippen molar-refractivity contribution < 1.29 is 9.90 Å². The van der Waals surface area contributed by atoms with Crippen LogP contribution in [0.1, 0.15) is 42.9 Å². The second-order valence-corrected chi connectivity index (χ2v) is 11.4. The molecule has 1 N–H and O–H groups in total. The van der Waals surface area contributed by atoms with Crippen LogP contribution in [0.4, 0.5) is 0 Å². The van der Waals surface area contributed by atoms with Gasteiger partial charge in [0.1, 0.15) is 0 Å². The number of carbonyl (C=O) groups excluding carboxylic acids is 1. The molecule has 4 heteroatoms. The van der Waals surface area contributed by atoms with E-state index < -0.39 is 0 Å². The van der Waals surface area contributed by atoms with Gasteiger partial charge in [-0.2, -0.15) is 0 Å². The Bertz CT molecular complexity index is 1300. The van der Waals surface area contributed by atoms with Crippen molar-refractivity contribution in [3.05, 3.63) is 132 Å². The predicted octanol–water partition coefficient (Wildman–Crippen LogP) is 6.98. The van der Waals surface area contributed by atoms with Crippen LogP contribution in [0.15, 0.2) is 115 Å². The highest BCUT2D eigenvalue weighted by Crippen LogP contribution is 2.27. The largest absolute Gasteiger partial charge is 0.394 e. The molecule has 1 fully saturated rings. The average molecular weight is 547 g/mol. The molecule has 1 aliphatic rings. The van der Waals surface area contributed by atoms with E-state index in [1.807, 2.05) is 11.0 Å². The van der Waals surface area contributed by atoms with Crippen LogP contribution in [-0.4, -0.2) is 46.0 Å². The molecule has 0 radical (unpaired) electrons. The van der Waals surface area contributed by atoms with Crippen molar-refractivity contribution in [1.29, 1.82) is 0 Å². The van der Waals surface area contributed by atoms with Gasteiger partial charge in [-0.3, -0.25) is 9.69 Å². The monoisotopic (exact) mass is 546 g/mol. The third kappa shape index (κ3) is 7.72. The summed E-state index contributed by atoms with van der Waals surface area (Å²) in [6.45, 7) is 4.49. The van der Waals surface area contributed by atoms with Crippen LogP contribution in [-0.2, 0) is 24.3 Å². The summed E-state index contributed by atoms with van der Waals surface area (Å²) in [6.07, 6.45) is 3.47. The molecule has 4 aromatic rings. The van der Waals surface area contributed by atoms with E-state index in [9.17, 15) is 9.90 Å². The number of aliphatic hydroxyl groups excluding tert-OH is 1. The molecule has 0 aromatic heterocycles. The topological polar surface area (TPSA) is 43.8 Å². The summed E-state index contributed by atoms with van der Waals surface area (Å²) >= 11 is 0. The first kappa shape index (κ1) is 28.8. The second kappa shape index (κ2) is 14.2. The second-order valence-electron chi connectivity index (χ2n) is 11.4. The van der Waals surface area contributed by atoms with Gasteiger partial charge in [-0.25, -0.2) is 0 Å². The minimum Gasteiger partial charge on any atom is -0.394 e. The number of hydrogen-bond acceptors (Lipinski definition) is 3. The van der Waals surface area contributed by atoms with Gasteiger partial charge in [0.15, 0.2) is 0 Å². The molecule has 41 heavy (non-hydrogen) atoms. The number of amides is 1. The Hall–Kier alpha value is -3.73. The molecule has 1 heterocycles. The summed E-state index contributed by atoms with van der Waals surface area (Å²) in [6, 6.07) is 40.8. The first-order valence-electron chi connectivity index (χ1n) is 15.0. The van der Waals surface area contributed by atoms with E-state index >= 15 is 0 Å². The number of carbonyl (C=O) groups is 1. The molecule has 3 atom stereocenters. The van der Waals surface area contributed by atoms with E-state index in [-0.39, 0.29) is 30.5 Å². The third-order valence-corrected chi connectivity index (χ3v) is 8.42. The maximum atomic E-state index is 13.6. The molecule has 4 aromatic carbocycles. The summed E-state index contributed by atoms with van der Waals surface area (Å²) in [7, 11) is 0. The lowest BCUT2D eigenvalue weighted by molar-refractivity contribution is -0.137. The summed E-state index contributed by atoms with van der Waals surface area (Å²) < 4.78 is 0. The quantitative estimate of drug-likeness (QED) is 0.209. The molecular weight excluding hydrogens is 504 g/mol. The van der Waals surface area contributed by atoms with E-state index in [1.165, 1.54) is 27.8 Å². The zero-order valence-corrected chi connectivity index (χ0v) is 24.1. The summed E-state index contributed by atoms with van der Waals surface area (Å²) in [5.74, 6) is 0.0372. The number of aliphatic hydroxyl groups is 1. The number of benzene rings is 4. The highest BCUT2D eigenvalue weighted by atomic mass is 16.3. The molecule has 0 spiro atoms. The molecule has 1 saturated heterocycles. The molecule has 0 unspecified atom stereocenters. The van der Waals surface area contributed by atoms with E-state index in [0.29, 0.717) is 0 Å². The first-order valence-corrected chi connectivity index (χ1v) is 15.0. The predicted molar refractivity (Wildman–Crippen MR) is 167 cm³/mol. The molecule has 212 valence electrons. The maximum absolute atomic E-state index is 13.6. The van der Waals surface area contributed by atoms with Crippen molar-refractivity contribution in [2.24, 2.45) is 5.92 Å². The van der Waals surface area contributed by atoms with Crippen LogP contribution in [0.3, 0.4) is 0 Å². The van der Waals surface area contributed by atoms with Crippen LogP contribution in [0.2, 0.25) is 0 Å². The lowest BCUT2D eigenvalue weighted by Crippen LogP contribution is -2.44. The Balaban J connectivity index is 1.42. The van der Waals surface area contributed by atoms with Crippen LogP contribution in [0.5, 0.6) is 0 Å². The van der Waals surface area contributed by atoms with Crippen molar-refractivity contribution in [1.82, 2.24) is 9.80 Å². The van der Waals surface area contributed by atoms with Crippen molar-refractivity contribution in [3.63, 3.8) is 0 Å². The molecule has 5 rings (SSSR count). The van der Waals surface area contributed by atoms with Crippen molar-refractivity contribution >= 4 is 5.91 Å². The zero-order chi connectivity index (χ0) is 28.4. The van der Waals surface area contributed by atoms with Gasteiger partial charge < -0.3 is 10.0 Å². The first-order chi connectivity index (χ1) is 20.1. The molecular formula is C37H42N2O2. The van der Waals surface area contributed by atoms with Gasteiger partial charge in [-0.1, -0.05) is 122 Å². The zero-order valence-electron chi connectivity index (χ0n) is 24.1. The minimum absolute atomic E-state index is 0.0429. The molecule has 0 aliphatic carbocycles. The Morgan fingerprint density at radius 3 is 1.88 bits per heavy atom. The van der Waals surface area contributed by atoms with Crippen LogP contribution in [0, 0.1) is 5.92 Å². The SMILES string of the molecule is C[C@H](C[C@@H](Cc1ccc(-c2ccccc2)cc1)N(Cc1ccccc1)Cc1ccccc1)C(=O)N1CCC[C@@H]1CO. The van der Waals surface area contributed by atoms with Gasteiger partial charge >= 0.3 is 0 Å². The highest BCUT2D eigenvalue weighted by Gasteiger charge is 2.33. The molecule has 4 nitrogen and oxygen atoms in total. The van der Waals surface area contributed by atoms with Crippen molar-refractivity contribution in [2.75, 3.05) is 13.2 Å². The summed E-state index contributed by atoms with van der Waals surface area (Å²) in [4.78, 5) is 18.1. The Morgan fingerprint density at radius 2 is 1.32 bits per heavy atom. The molecule has 0 bridgehead atoms. The highest BCUT2D eigenvalue weighted by molar-refractivity contribution is 5.79. The maximum Gasteiger partial charge on any atom is 0.225 e. The van der Waals surface area contributed by atoms with Crippen molar-refractivity contribution in [3.8, 4) is 11.1 Å². The fraction of sp³-hybridized carbons (Fsp3) is 0.324.